The van der Waals surface area contributed by atoms with E-state index in [1.807, 2.05) is 0 Å². The summed E-state index contributed by atoms with van der Waals surface area (Å²) in [4.78, 5) is 11.3. The predicted molar refractivity (Wildman–Crippen MR) is 35.3 cm³/mol. The quantitative estimate of drug-likeness (QED) is 0.647. The van der Waals surface area contributed by atoms with E-state index in [1.165, 1.54) is 14.0 Å². The second kappa shape index (κ2) is 4.23. The summed E-state index contributed by atoms with van der Waals surface area (Å²) in [6.07, 6.45) is -2.99. The first-order valence-electron chi connectivity index (χ1n) is 3.16. The maximum Gasteiger partial charge on any atom is 0.315 e. The molecule has 0 radical (unpaired) electrons. The Balaban J connectivity index is 4.02. The first-order valence-corrected chi connectivity index (χ1v) is 3.16. The molecule has 0 aliphatic rings. The van der Waals surface area contributed by atoms with Crippen molar-refractivity contribution in [3.8, 4) is 0 Å². The normalized spacial score (nSPS) is 13.3. The van der Waals surface area contributed by atoms with Crippen LogP contribution in [0.15, 0.2) is 0 Å². The summed E-state index contributed by atoms with van der Waals surface area (Å²) in [6.45, 7) is 1.18. The Labute approximate surface area is 63.6 Å². The zero-order chi connectivity index (χ0) is 9.02. The van der Waals surface area contributed by atoms with Crippen LogP contribution in [0.4, 0.5) is 8.78 Å². The summed E-state index contributed by atoms with van der Waals surface area (Å²) in [5.74, 6) is -1.26. The number of amides is 1. The zero-order valence-electron chi connectivity index (χ0n) is 6.42. The number of hydrogen-bond acceptors (Lipinski definition) is 2. The van der Waals surface area contributed by atoms with Crippen LogP contribution in [-0.2, 0) is 4.79 Å². The van der Waals surface area contributed by atoms with Crippen LogP contribution in [0.5, 0.6) is 0 Å². The Morgan fingerprint density at radius 2 is 2.09 bits per heavy atom. The molecule has 11 heavy (non-hydrogen) atoms. The summed E-state index contributed by atoms with van der Waals surface area (Å²) < 4.78 is 23.4. The number of rotatable bonds is 3. The van der Waals surface area contributed by atoms with Crippen molar-refractivity contribution in [2.75, 3.05) is 13.7 Å². The SMILES string of the molecule is CC(CO)N(C)C(=O)C(F)F. The summed E-state index contributed by atoms with van der Waals surface area (Å²) in [6, 6.07) is -0.559. The lowest BCUT2D eigenvalue weighted by Gasteiger charge is -2.22. The van der Waals surface area contributed by atoms with E-state index in [4.69, 9.17) is 5.11 Å². The molecule has 1 atom stereocenters. The number of halogens is 2. The molecular weight excluding hydrogens is 156 g/mol. The number of carbonyl (C=O) groups is 1. The molecule has 0 fully saturated rings. The van der Waals surface area contributed by atoms with Crippen LogP contribution in [0.3, 0.4) is 0 Å². The third-order valence-electron chi connectivity index (χ3n) is 1.46. The van der Waals surface area contributed by atoms with Gasteiger partial charge >= 0.3 is 6.43 Å². The molecule has 1 amide bonds. The number of carbonyl (C=O) groups excluding carboxylic acids is 1. The Morgan fingerprint density at radius 1 is 1.64 bits per heavy atom. The van der Waals surface area contributed by atoms with E-state index in [-0.39, 0.29) is 6.61 Å². The van der Waals surface area contributed by atoms with E-state index < -0.39 is 18.4 Å². The van der Waals surface area contributed by atoms with Gasteiger partial charge in [-0.15, -0.1) is 0 Å². The van der Waals surface area contributed by atoms with Crippen molar-refractivity contribution in [1.29, 1.82) is 0 Å². The highest BCUT2D eigenvalue weighted by molar-refractivity contribution is 5.79. The lowest BCUT2D eigenvalue weighted by molar-refractivity contribution is -0.144. The highest BCUT2D eigenvalue weighted by atomic mass is 19.3. The first-order chi connectivity index (χ1) is 5.00. The van der Waals surface area contributed by atoms with E-state index >= 15 is 0 Å². The summed E-state index contributed by atoms with van der Waals surface area (Å²) >= 11 is 0. The molecular formula is C6H11F2NO2. The smallest absolute Gasteiger partial charge is 0.315 e. The van der Waals surface area contributed by atoms with Gasteiger partial charge in [-0.1, -0.05) is 0 Å². The second-order valence-corrected chi connectivity index (χ2v) is 2.28. The molecule has 0 heterocycles. The molecule has 0 aromatic rings. The van der Waals surface area contributed by atoms with Crippen molar-refractivity contribution >= 4 is 5.91 Å². The number of aliphatic hydroxyl groups is 1. The van der Waals surface area contributed by atoms with Crippen LogP contribution >= 0.6 is 0 Å². The van der Waals surface area contributed by atoms with Crippen LogP contribution < -0.4 is 0 Å². The van der Waals surface area contributed by atoms with Gasteiger partial charge in [0.2, 0.25) is 0 Å². The maximum atomic E-state index is 11.7. The summed E-state index contributed by atoms with van der Waals surface area (Å²) in [5.41, 5.74) is 0. The van der Waals surface area contributed by atoms with Gasteiger partial charge in [-0.3, -0.25) is 4.79 Å². The number of aliphatic hydroxyl groups excluding tert-OH is 1. The standard InChI is InChI=1S/C6H11F2NO2/c1-4(3-10)9(2)6(11)5(7)8/h4-5,10H,3H2,1-2H3. The van der Waals surface area contributed by atoms with Crippen LogP contribution in [0.2, 0.25) is 0 Å². The minimum Gasteiger partial charge on any atom is -0.394 e. The molecule has 0 aromatic carbocycles. The molecule has 0 rings (SSSR count). The number of alkyl halides is 2. The Bertz CT molecular complexity index is 141. The van der Waals surface area contributed by atoms with Gasteiger partial charge in [-0.05, 0) is 6.92 Å². The Kier molecular flexibility index (Phi) is 3.95. The van der Waals surface area contributed by atoms with Gasteiger partial charge in [0.15, 0.2) is 0 Å². The fraction of sp³-hybridized carbons (Fsp3) is 0.833. The fourth-order valence-corrected chi connectivity index (χ4v) is 0.494. The fourth-order valence-electron chi connectivity index (χ4n) is 0.494. The average Bonchev–Trinajstić information content (AvgIpc) is 2.00. The minimum absolute atomic E-state index is 0.311. The van der Waals surface area contributed by atoms with Crippen molar-refractivity contribution in [1.82, 2.24) is 4.90 Å². The molecule has 0 spiro atoms. The molecule has 0 bridgehead atoms. The molecule has 0 aliphatic heterocycles. The van der Waals surface area contributed by atoms with E-state index in [0.29, 0.717) is 0 Å². The van der Waals surface area contributed by atoms with Crippen molar-refractivity contribution in [2.24, 2.45) is 0 Å². The van der Waals surface area contributed by atoms with E-state index in [1.54, 1.807) is 0 Å². The van der Waals surface area contributed by atoms with Gasteiger partial charge in [-0.25, -0.2) is 0 Å². The zero-order valence-corrected chi connectivity index (χ0v) is 6.42. The summed E-state index contributed by atoms with van der Waals surface area (Å²) in [5, 5.41) is 8.50. The van der Waals surface area contributed by atoms with Crippen LogP contribution in [0.25, 0.3) is 0 Å². The predicted octanol–water partition coefficient (Wildman–Crippen LogP) is 0.0907. The van der Waals surface area contributed by atoms with Crippen LogP contribution in [0, 0.1) is 0 Å². The highest BCUT2D eigenvalue weighted by Crippen LogP contribution is 2.02. The monoisotopic (exact) mass is 167 g/mol. The third-order valence-corrected chi connectivity index (χ3v) is 1.46. The van der Waals surface area contributed by atoms with Crippen molar-refractivity contribution < 1.29 is 18.7 Å². The molecule has 66 valence electrons. The third kappa shape index (κ3) is 2.80. The van der Waals surface area contributed by atoms with E-state index in [9.17, 15) is 13.6 Å². The molecule has 0 saturated heterocycles. The Hall–Kier alpha value is -0.710. The first kappa shape index (κ1) is 10.3. The maximum absolute atomic E-state index is 11.7. The van der Waals surface area contributed by atoms with Crippen molar-refractivity contribution in [3.05, 3.63) is 0 Å². The Morgan fingerprint density at radius 3 is 2.36 bits per heavy atom. The summed E-state index contributed by atoms with van der Waals surface area (Å²) in [7, 11) is 1.23. The molecule has 5 heteroatoms. The van der Waals surface area contributed by atoms with Crippen molar-refractivity contribution in [3.63, 3.8) is 0 Å². The van der Waals surface area contributed by atoms with Gasteiger partial charge in [0.1, 0.15) is 0 Å². The molecule has 0 aromatic heterocycles. The molecule has 1 N–H and O–H groups in total. The van der Waals surface area contributed by atoms with Crippen LogP contribution in [-0.4, -0.2) is 42.0 Å². The van der Waals surface area contributed by atoms with Crippen LogP contribution in [0.1, 0.15) is 6.92 Å². The lowest BCUT2D eigenvalue weighted by Crippen LogP contribution is -2.40. The van der Waals surface area contributed by atoms with E-state index in [2.05, 4.69) is 0 Å². The minimum atomic E-state index is -2.99. The second-order valence-electron chi connectivity index (χ2n) is 2.28. The number of hydrogen-bond donors (Lipinski definition) is 1. The lowest BCUT2D eigenvalue weighted by atomic mass is 10.3. The van der Waals surface area contributed by atoms with Gasteiger partial charge < -0.3 is 10.0 Å². The largest absolute Gasteiger partial charge is 0.394 e. The highest BCUT2D eigenvalue weighted by Gasteiger charge is 2.23. The van der Waals surface area contributed by atoms with Gasteiger partial charge in [0, 0.05) is 7.05 Å². The average molecular weight is 167 g/mol. The number of likely N-dealkylation sites (N-methyl/N-ethyl adjacent to an activating group) is 1. The van der Waals surface area contributed by atoms with Gasteiger partial charge in [0.25, 0.3) is 5.91 Å². The molecule has 0 aliphatic carbocycles. The van der Waals surface area contributed by atoms with Gasteiger partial charge in [0.05, 0.1) is 12.6 Å². The molecule has 1 unspecified atom stereocenters. The topological polar surface area (TPSA) is 40.5 Å². The molecule has 0 saturated carbocycles. The van der Waals surface area contributed by atoms with Crippen molar-refractivity contribution in [2.45, 2.75) is 19.4 Å². The number of nitrogens with zero attached hydrogens (tertiary/aromatic N) is 1. The van der Waals surface area contributed by atoms with E-state index in [0.717, 1.165) is 4.90 Å². The van der Waals surface area contributed by atoms with Gasteiger partial charge in [-0.2, -0.15) is 8.78 Å². The molecule has 3 nitrogen and oxygen atoms in total.